The van der Waals surface area contributed by atoms with E-state index in [2.05, 4.69) is 62.0 Å². The van der Waals surface area contributed by atoms with Crippen LogP contribution in [-0.2, 0) is 21.4 Å². The molecule has 0 aliphatic carbocycles. The van der Waals surface area contributed by atoms with Gasteiger partial charge in [0.1, 0.15) is 23.1 Å². The number of fused-ring (bicyclic) bond motifs is 2. The summed E-state index contributed by atoms with van der Waals surface area (Å²) in [6.45, 7) is 12.3. The maximum Gasteiger partial charge on any atom is 0.154 e. The molecule has 0 radical (unpaired) electrons. The Bertz CT molecular complexity index is 1960. The summed E-state index contributed by atoms with van der Waals surface area (Å²) < 4.78 is 11.6. The Kier molecular flexibility index (Phi) is 9.38. The van der Waals surface area contributed by atoms with Gasteiger partial charge in [-0.2, -0.15) is 0 Å². The third kappa shape index (κ3) is 6.85. The normalized spacial score (nSPS) is 13.4. The number of ketones is 1. The molecule has 1 aliphatic rings. The first-order valence-electron chi connectivity index (χ1n) is 15.9. The van der Waals surface area contributed by atoms with Gasteiger partial charge < -0.3 is 20.1 Å². The Morgan fingerprint density at radius 2 is 1.77 bits per heavy atom. The van der Waals surface area contributed by atoms with Gasteiger partial charge in [-0.3, -0.25) is 10.2 Å². The Hall–Kier alpha value is -5.17. The number of carbonyl (C=O) groups excluding carboxylic acids is 1. The number of anilines is 2. The van der Waals surface area contributed by atoms with Crippen molar-refractivity contribution in [3.8, 4) is 16.9 Å². The van der Waals surface area contributed by atoms with E-state index in [0.717, 1.165) is 55.7 Å². The number of amidine groups is 2. The second-order valence-electron chi connectivity index (χ2n) is 12.9. The first-order valence-corrected chi connectivity index (χ1v) is 15.9. The van der Waals surface area contributed by atoms with Crippen LogP contribution in [0.15, 0.2) is 95.4 Å². The standard InChI is InChI=1S/C40H44N4O3/c1-9-30(45)19-25-14-16-29(17-15-25)44(7)34-23-28(40(4,5)6)20-27-22-33-37(39(42)43-38(33)41)36(35(27)34)26-12-11-13-32(21-26)47-31(10-2)18-24(3)46-8/h10-18,20-23H,9,19H2,1-8H3,(H3,41,42,43)/b24-18+,31-10+. The lowest BCUT2D eigenvalue weighted by atomic mass is 9.82. The summed E-state index contributed by atoms with van der Waals surface area (Å²) in [5, 5.41) is 10.7. The predicted molar refractivity (Wildman–Crippen MR) is 194 cm³/mol. The first kappa shape index (κ1) is 33.2. The van der Waals surface area contributed by atoms with Crippen LogP contribution in [0.1, 0.15) is 70.2 Å². The zero-order chi connectivity index (χ0) is 34.0. The fourth-order valence-corrected chi connectivity index (χ4v) is 5.81. The molecule has 0 saturated carbocycles. The fourth-order valence-electron chi connectivity index (χ4n) is 5.81. The summed E-state index contributed by atoms with van der Waals surface area (Å²) in [6.07, 6.45) is 4.69. The number of nitrogens with zero attached hydrogens (tertiary/aromatic N) is 2. The first-order chi connectivity index (χ1) is 22.3. The van der Waals surface area contributed by atoms with Crippen LogP contribution in [0.2, 0.25) is 0 Å². The lowest BCUT2D eigenvalue weighted by Gasteiger charge is -2.28. The van der Waals surface area contributed by atoms with Gasteiger partial charge in [0.2, 0.25) is 0 Å². The van der Waals surface area contributed by atoms with Crippen LogP contribution in [0, 0.1) is 5.41 Å². The number of nitrogens with two attached hydrogens (primary N) is 1. The smallest absolute Gasteiger partial charge is 0.154 e. The largest absolute Gasteiger partial charge is 0.501 e. The van der Waals surface area contributed by atoms with Crippen molar-refractivity contribution in [1.82, 2.24) is 0 Å². The molecule has 1 aliphatic heterocycles. The van der Waals surface area contributed by atoms with Gasteiger partial charge in [-0.15, -0.1) is 0 Å². The molecule has 4 aromatic carbocycles. The number of benzene rings is 4. The van der Waals surface area contributed by atoms with Gasteiger partial charge in [0.05, 0.1) is 12.9 Å². The number of hydrogen-bond acceptors (Lipinski definition) is 6. The van der Waals surface area contributed by atoms with Gasteiger partial charge in [0.15, 0.2) is 5.84 Å². The highest BCUT2D eigenvalue weighted by Crippen LogP contribution is 2.45. The molecule has 0 amide bonds. The Morgan fingerprint density at radius 3 is 2.40 bits per heavy atom. The molecule has 47 heavy (non-hydrogen) atoms. The lowest BCUT2D eigenvalue weighted by molar-refractivity contribution is -0.118. The quantitative estimate of drug-likeness (QED) is 0.135. The number of rotatable bonds is 10. The molecular weight excluding hydrogens is 584 g/mol. The Morgan fingerprint density at radius 1 is 1.04 bits per heavy atom. The third-order valence-electron chi connectivity index (χ3n) is 8.62. The summed E-state index contributed by atoms with van der Waals surface area (Å²) in [6, 6.07) is 22.6. The second-order valence-corrected chi connectivity index (χ2v) is 12.9. The van der Waals surface area contributed by atoms with Gasteiger partial charge in [0, 0.05) is 59.4 Å². The van der Waals surface area contributed by atoms with Crippen LogP contribution in [-0.4, -0.2) is 31.6 Å². The van der Waals surface area contributed by atoms with E-state index in [0.29, 0.717) is 35.7 Å². The molecule has 0 fully saturated rings. The van der Waals surface area contributed by atoms with Crippen molar-refractivity contribution in [2.75, 3.05) is 19.1 Å². The van der Waals surface area contributed by atoms with E-state index >= 15 is 0 Å². The molecule has 242 valence electrons. The number of aliphatic imine (C=N–C) groups is 1. The Balaban J connectivity index is 1.77. The molecule has 0 bridgehead atoms. The summed E-state index contributed by atoms with van der Waals surface area (Å²) in [4.78, 5) is 18.7. The van der Waals surface area contributed by atoms with E-state index in [-0.39, 0.29) is 17.0 Å². The second kappa shape index (κ2) is 13.3. The van der Waals surface area contributed by atoms with Crippen molar-refractivity contribution in [2.45, 2.75) is 59.8 Å². The van der Waals surface area contributed by atoms with Crippen LogP contribution >= 0.6 is 0 Å². The lowest BCUT2D eigenvalue weighted by Crippen LogP contribution is -2.17. The van der Waals surface area contributed by atoms with Crippen molar-refractivity contribution in [2.24, 2.45) is 10.7 Å². The average molecular weight is 629 g/mol. The molecule has 7 heteroatoms. The molecule has 1 heterocycles. The number of Topliss-reactive ketones (excluding diaryl/α,β-unsaturated/α-hetero) is 1. The minimum absolute atomic E-state index is 0.138. The Labute approximate surface area is 277 Å². The van der Waals surface area contributed by atoms with Crippen LogP contribution < -0.4 is 15.4 Å². The molecule has 4 aromatic rings. The SMILES string of the molecule is C/C=C(\C=C(/C)OC)Oc1cccc(-c2c3c(cc4cc(C(C)(C)C)cc(N(C)c5ccc(CC(=O)CC)cc5)c24)C(=N)N=C3N)c1. The van der Waals surface area contributed by atoms with Gasteiger partial charge >= 0.3 is 0 Å². The molecule has 0 aromatic heterocycles. The fraction of sp³-hybridized carbons (Fsp3) is 0.275. The molecule has 7 nitrogen and oxygen atoms in total. The van der Waals surface area contributed by atoms with Crippen molar-refractivity contribution < 1.29 is 14.3 Å². The third-order valence-corrected chi connectivity index (χ3v) is 8.62. The number of ether oxygens (including phenoxy) is 2. The number of hydrogen-bond donors (Lipinski definition) is 2. The monoisotopic (exact) mass is 628 g/mol. The van der Waals surface area contributed by atoms with Gasteiger partial charge in [-0.25, -0.2) is 4.99 Å². The highest BCUT2D eigenvalue weighted by molar-refractivity contribution is 6.28. The summed E-state index contributed by atoms with van der Waals surface area (Å²) in [7, 11) is 3.69. The van der Waals surface area contributed by atoms with E-state index < -0.39 is 0 Å². The maximum absolute atomic E-state index is 12.1. The molecule has 0 atom stereocenters. The van der Waals surface area contributed by atoms with E-state index in [9.17, 15) is 4.79 Å². The van der Waals surface area contributed by atoms with Crippen LogP contribution in [0.4, 0.5) is 11.4 Å². The minimum Gasteiger partial charge on any atom is -0.501 e. The maximum atomic E-state index is 12.1. The molecular formula is C40H44N4O3. The van der Waals surface area contributed by atoms with Gasteiger partial charge in [0.25, 0.3) is 0 Å². The topological polar surface area (TPSA) is 101 Å². The van der Waals surface area contributed by atoms with Crippen LogP contribution in [0.3, 0.4) is 0 Å². The van der Waals surface area contributed by atoms with Crippen molar-refractivity contribution in [1.29, 1.82) is 5.41 Å². The van der Waals surface area contributed by atoms with Crippen molar-refractivity contribution in [3.63, 3.8) is 0 Å². The van der Waals surface area contributed by atoms with Gasteiger partial charge in [-0.05, 0) is 83.8 Å². The summed E-state index contributed by atoms with van der Waals surface area (Å²) in [5.74, 6) is 2.74. The van der Waals surface area contributed by atoms with Gasteiger partial charge in [-0.1, -0.05) is 58.0 Å². The molecule has 0 unspecified atom stereocenters. The number of methoxy groups -OCH3 is 1. The van der Waals surface area contributed by atoms with E-state index in [1.807, 2.05) is 75.4 Å². The summed E-state index contributed by atoms with van der Waals surface area (Å²) >= 11 is 0. The zero-order valence-corrected chi connectivity index (χ0v) is 28.6. The van der Waals surface area contributed by atoms with E-state index in [1.165, 1.54) is 0 Å². The minimum atomic E-state index is -0.138. The van der Waals surface area contributed by atoms with Crippen molar-refractivity contribution in [3.05, 3.63) is 113 Å². The molecule has 5 rings (SSSR count). The van der Waals surface area contributed by atoms with E-state index in [4.69, 9.17) is 20.6 Å². The highest BCUT2D eigenvalue weighted by atomic mass is 16.5. The number of carbonyl (C=O) groups is 1. The number of allylic oxidation sites excluding steroid dienone is 3. The highest BCUT2D eigenvalue weighted by Gasteiger charge is 2.29. The average Bonchev–Trinajstić information content (AvgIpc) is 3.34. The molecule has 0 spiro atoms. The summed E-state index contributed by atoms with van der Waals surface area (Å²) in [5.41, 5.74) is 13.8. The van der Waals surface area contributed by atoms with Crippen LogP contribution in [0.5, 0.6) is 5.75 Å². The molecule has 3 N–H and O–H groups in total. The molecule has 0 saturated heterocycles. The van der Waals surface area contributed by atoms with E-state index in [1.54, 1.807) is 7.11 Å². The predicted octanol–water partition coefficient (Wildman–Crippen LogP) is 8.97. The zero-order valence-electron chi connectivity index (χ0n) is 28.6. The van der Waals surface area contributed by atoms with Crippen LogP contribution in [0.25, 0.3) is 21.9 Å². The van der Waals surface area contributed by atoms with Crippen molar-refractivity contribution >= 4 is 39.6 Å². The number of nitrogens with one attached hydrogen (secondary N) is 1.